The molecule has 0 N–H and O–H groups in total. The van der Waals surface area contributed by atoms with E-state index in [0.29, 0.717) is 11.5 Å². The van der Waals surface area contributed by atoms with Gasteiger partial charge in [-0.25, -0.2) is 4.98 Å². The van der Waals surface area contributed by atoms with Gasteiger partial charge in [0.2, 0.25) is 6.33 Å². The maximum Gasteiger partial charge on any atom is 2.00 e. The number of benzene rings is 2. The molecule has 0 radical (unpaired) electrons. The first kappa shape index (κ1) is 32.4. The van der Waals surface area contributed by atoms with Gasteiger partial charge in [0.1, 0.15) is 0 Å². The number of imidazole rings is 4. The first-order chi connectivity index (χ1) is 23.0. The molecule has 49 heavy (non-hydrogen) atoms. The van der Waals surface area contributed by atoms with Gasteiger partial charge in [-0.1, -0.05) is 51.8 Å². The molecule has 0 spiro atoms. The Bertz CT molecular complexity index is 2610. The monoisotopic (exact) mass is 1010 g/mol. The standard InChI is InChI=1S/C18H12N4O2.C17H10N4O2.2Pt/c1-20-3-4-22(11-20)16-9-23-17-5-12-8-24-18(13(12)6-14(16)17)15-7-21(2)10-19-15;1-20-6-14(19-10-20)17-12-5-13-15(21-3-2-18-9-21)8-22-16(13)4-11(12)7-23-17;;/h3-5,7-9H,1-2H3;2-4,6-8,10H,1H3;;/q2*-2;;+2. The fourth-order valence-corrected chi connectivity index (χ4v) is 5.58. The van der Waals surface area contributed by atoms with Crippen LogP contribution in [0.1, 0.15) is 0 Å². The predicted octanol–water partition coefficient (Wildman–Crippen LogP) is 5.96. The summed E-state index contributed by atoms with van der Waals surface area (Å²) in [5, 5.41) is 5.32. The van der Waals surface area contributed by atoms with Crippen LogP contribution < -0.4 is 4.57 Å². The third-order valence-electron chi connectivity index (χ3n) is 7.81. The second-order valence-corrected chi connectivity index (χ2v) is 11.1. The second kappa shape index (κ2) is 12.7. The summed E-state index contributed by atoms with van der Waals surface area (Å²) in [6.07, 6.45) is 28.5. The summed E-state index contributed by atoms with van der Waals surface area (Å²) in [5.74, 6) is 1.38. The van der Waals surface area contributed by atoms with E-state index in [9.17, 15) is 0 Å². The van der Waals surface area contributed by atoms with Crippen molar-refractivity contribution >= 4 is 43.5 Å². The molecule has 0 bridgehead atoms. The Balaban J connectivity index is 0.000000148. The molecule has 0 aliphatic rings. The van der Waals surface area contributed by atoms with Gasteiger partial charge in [-0.15, -0.1) is 18.3 Å². The number of furan rings is 4. The van der Waals surface area contributed by atoms with E-state index < -0.39 is 0 Å². The number of rotatable bonds is 4. The number of hydrogen-bond donors (Lipinski definition) is 0. The summed E-state index contributed by atoms with van der Waals surface area (Å²) >= 11 is 0. The van der Waals surface area contributed by atoms with Gasteiger partial charge in [0, 0.05) is 70.8 Å². The van der Waals surface area contributed by atoms with Crippen LogP contribution in [-0.4, -0.2) is 33.2 Å². The average Bonchev–Trinajstić information content (AvgIpc) is 3.90. The normalized spacial score (nSPS) is 11.2. The molecule has 10 rings (SSSR count). The van der Waals surface area contributed by atoms with Crippen molar-refractivity contribution in [2.24, 2.45) is 21.1 Å². The Morgan fingerprint density at radius 2 is 1.39 bits per heavy atom. The molecular weight excluding hydrogens is 987 g/mol. The molecule has 0 unspecified atom stereocenters. The molecule has 8 heterocycles. The number of aryl methyl sites for hydroxylation is 3. The zero-order chi connectivity index (χ0) is 31.6. The second-order valence-electron chi connectivity index (χ2n) is 11.1. The van der Waals surface area contributed by atoms with Crippen LogP contribution in [0.4, 0.5) is 0 Å². The van der Waals surface area contributed by atoms with Gasteiger partial charge in [-0.05, 0) is 17.8 Å². The Hall–Kier alpha value is -5.18. The van der Waals surface area contributed by atoms with E-state index in [1.165, 1.54) is 0 Å². The molecule has 2 aromatic carbocycles. The third-order valence-corrected chi connectivity index (χ3v) is 7.81. The quantitative estimate of drug-likeness (QED) is 0.158. The fraction of sp³-hybridized carbons (Fsp3) is 0.0857. The van der Waals surface area contributed by atoms with E-state index in [1.54, 1.807) is 46.7 Å². The van der Waals surface area contributed by atoms with Crippen LogP contribution in [0.25, 0.3) is 77.8 Å². The summed E-state index contributed by atoms with van der Waals surface area (Å²) in [6.45, 7) is 0. The van der Waals surface area contributed by atoms with Gasteiger partial charge in [-0.3, -0.25) is 0 Å². The van der Waals surface area contributed by atoms with Gasteiger partial charge in [-0.2, -0.15) is 0 Å². The number of hydrogen-bond acceptors (Lipinski definition) is 7. The van der Waals surface area contributed by atoms with Crippen molar-refractivity contribution in [1.29, 1.82) is 0 Å². The molecular formula is C35H22N8O4Pt2-2. The summed E-state index contributed by atoms with van der Waals surface area (Å²) < 4.78 is 31.9. The van der Waals surface area contributed by atoms with Crippen LogP contribution in [-0.2, 0) is 63.3 Å². The Labute approximate surface area is 306 Å². The van der Waals surface area contributed by atoms with Gasteiger partial charge in [0.15, 0.2) is 0 Å². The van der Waals surface area contributed by atoms with Crippen molar-refractivity contribution < 1.29 is 64.4 Å². The molecule has 0 aliphatic carbocycles. The number of aromatic nitrogens is 8. The summed E-state index contributed by atoms with van der Waals surface area (Å²) in [7, 11) is 5.72. The van der Waals surface area contributed by atoms with Crippen molar-refractivity contribution in [1.82, 2.24) is 33.2 Å². The molecule has 0 amide bonds. The number of nitrogens with zero attached hydrogens (tertiary/aromatic N) is 8. The maximum atomic E-state index is 5.72. The van der Waals surface area contributed by atoms with Crippen LogP contribution in [0.2, 0.25) is 0 Å². The summed E-state index contributed by atoms with van der Waals surface area (Å²) in [5.41, 5.74) is 4.72. The minimum Gasteiger partial charge on any atom is -0.518 e. The van der Waals surface area contributed by atoms with Crippen molar-refractivity contribution in [3.63, 3.8) is 0 Å². The topological polar surface area (TPSA) is 115 Å². The van der Waals surface area contributed by atoms with Crippen LogP contribution in [0.15, 0.2) is 98.4 Å². The van der Waals surface area contributed by atoms with E-state index in [4.69, 9.17) is 17.7 Å². The fourth-order valence-electron chi connectivity index (χ4n) is 5.58. The van der Waals surface area contributed by atoms with Crippen LogP contribution in [0, 0.1) is 31.1 Å². The summed E-state index contributed by atoms with van der Waals surface area (Å²) in [6, 6.07) is 10.7. The molecule has 8 aromatic heterocycles. The minimum atomic E-state index is 0. The van der Waals surface area contributed by atoms with Crippen molar-refractivity contribution in [3.05, 3.63) is 112 Å². The minimum absolute atomic E-state index is 0. The molecule has 14 heteroatoms. The molecule has 0 fully saturated rings. The smallest absolute Gasteiger partial charge is 0.518 e. The zero-order valence-electron chi connectivity index (χ0n) is 25.8. The molecule has 10 aromatic rings. The molecule has 0 aliphatic heterocycles. The Morgan fingerprint density at radius 3 is 1.92 bits per heavy atom. The van der Waals surface area contributed by atoms with Gasteiger partial charge >= 0.3 is 21.1 Å². The van der Waals surface area contributed by atoms with Crippen LogP contribution >= 0.6 is 0 Å². The van der Waals surface area contributed by atoms with E-state index in [1.807, 2.05) is 78.0 Å². The first-order valence-corrected chi connectivity index (χ1v) is 14.5. The molecule has 0 atom stereocenters. The van der Waals surface area contributed by atoms with Crippen molar-refractivity contribution in [3.8, 4) is 34.3 Å². The van der Waals surface area contributed by atoms with Gasteiger partial charge in [0.25, 0.3) is 0 Å². The van der Waals surface area contributed by atoms with Crippen LogP contribution in [0.5, 0.6) is 0 Å². The largest absolute Gasteiger partial charge is 2.00 e. The molecule has 0 saturated heterocycles. The molecule has 0 saturated carbocycles. The van der Waals surface area contributed by atoms with E-state index >= 15 is 0 Å². The predicted molar refractivity (Wildman–Crippen MR) is 168 cm³/mol. The SMILES string of the molecule is Cn1[c-]nc(-c2occ3cc4occ(-n5[c-][n+](C)cc5)c4[c-]c23)c1.Cn1cnc(-c2occ3cc4occ(-n5[c-]ncc5)c4[c-]c23)c1.[Pt+2].[Pt]. The molecule has 248 valence electrons. The van der Waals surface area contributed by atoms with Gasteiger partial charge < -0.3 is 50.5 Å². The van der Waals surface area contributed by atoms with E-state index in [-0.39, 0.29) is 42.1 Å². The maximum absolute atomic E-state index is 5.72. The zero-order valence-corrected chi connectivity index (χ0v) is 30.4. The molecule has 12 nitrogen and oxygen atoms in total. The Kier molecular flexibility index (Phi) is 8.38. The van der Waals surface area contributed by atoms with Crippen molar-refractivity contribution in [2.45, 2.75) is 0 Å². The Morgan fingerprint density at radius 1 is 0.735 bits per heavy atom. The van der Waals surface area contributed by atoms with E-state index in [0.717, 1.165) is 66.2 Å². The third kappa shape index (κ3) is 5.60. The first-order valence-electron chi connectivity index (χ1n) is 14.5. The van der Waals surface area contributed by atoms with Gasteiger partial charge in [0.05, 0.1) is 66.7 Å². The average molecular weight is 1010 g/mol. The summed E-state index contributed by atoms with van der Waals surface area (Å²) in [4.78, 5) is 12.6. The van der Waals surface area contributed by atoms with Crippen molar-refractivity contribution in [2.75, 3.05) is 0 Å². The van der Waals surface area contributed by atoms with Crippen LogP contribution in [0.3, 0.4) is 0 Å². The number of fused-ring (bicyclic) bond motifs is 4. The van der Waals surface area contributed by atoms with E-state index in [2.05, 4.69) is 46.1 Å².